The summed E-state index contributed by atoms with van der Waals surface area (Å²) in [5, 5.41) is -0.0102. The fourth-order valence-corrected chi connectivity index (χ4v) is 2.98. The van der Waals surface area contributed by atoms with Crippen LogP contribution in [-0.4, -0.2) is 31.9 Å². The minimum atomic E-state index is -4.55. The molecule has 1 aromatic heterocycles. The first kappa shape index (κ1) is 27.2. The second-order valence-electron chi connectivity index (χ2n) is 6.08. The fourth-order valence-electron chi connectivity index (χ4n) is 2.34. The molecule has 0 spiro atoms. The molecule has 2 aromatic rings. The second-order valence-corrected chi connectivity index (χ2v) is 7.90. The van der Waals surface area contributed by atoms with Gasteiger partial charge in [0.1, 0.15) is 40.8 Å². The summed E-state index contributed by atoms with van der Waals surface area (Å²) in [4.78, 5) is 8.84. The van der Waals surface area contributed by atoms with Crippen molar-refractivity contribution in [2.45, 2.75) is 6.18 Å². The van der Waals surface area contributed by atoms with E-state index in [1.54, 1.807) is 12.1 Å². The molecule has 2 rings (SSSR count). The van der Waals surface area contributed by atoms with Crippen molar-refractivity contribution in [2.75, 3.05) is 26.9 Å². The van der Waals surface area contributed by atoms with Gasteiger partial charge in [0.05, 0.1) is 23.4 Å². The second kappa shape index (κ2) is 12.4. The number of halogens is 7. The van der Waals surface area contributed by atoms with E-state index in [9.17, 15) is 13.2 Å². The molecule has 0 unspecified atom stereocenters. The summed E-state index contributed by atoms with van der Waals surface area (Å²) in [5.41, 5.74) is 2.37. The number of methoxy groups -OCH3 is 1. The number of pyridine rings is 1. The normalized spacial score (nSPS) is 11.0. The Kier molecular flexibility index (Phi) is 10.2. The predicted octanol–water partition coefficient (Wildman–Crippen LogP) is 6.68. The van der Waals surface area contributed by atoms with Crippen LogP contribution in [0.5, 0.6) is 17.4 Å². The van der Waals surface area contributed by atoms with Gasteiger partial charge in [0.25, 0.3) is 0 Å². The van der Waals surface area contributed by atoms with E-state index in [0.717, 1.165) is 6.07 Å². The zero-order valence-electron chi connectivity index (χ0n) is 16.9. The highest BCUT2D eigenvalue weighted by atomic mass is 35.5. The number of nitrogens with zero attached hydrogens (tertiary/aromatic N) is 1. The van der Waals surface area contributed by atoms with Crippen LogP contribution < -0.4 is 19.7 Å². The number of rotatable bonds is 11. The van der Waals surface area contributed by atoms with Crippen molar-refractivity contribution < 1.29 is 32.2 Å². The van der Waals surface area contributed by atoms with Crippen LogP contribution in [0.2, 0.25) is 10.0 Å². The van der Waals surface area contributed by atoms with Gasteiger partial charge in [-0.1, -0.05) is 53.0 Å². The number of nitrogens with one attached hydrogen (secondary N) is 1. The first-order valence-electron chi connectivity index (χ1n) is 8.97. The average Bonchev–Trinajstić information content (AvgIpc) is 2.73. The highest BCUT2D eigenvalue weighted by Gasteiger charge is 2.31. The maximum Gasteiger partial charge on any atom is 0.417 e. The maximum absolute atomic E-state index is 12.7. The molecule has 0 amide bonds. The van der Waals surface area contributed by atoms with Gasteiger partial charge < -0.3 is 14.2 Å². The number of alkyl halides is 3. The van der Waals surface area contributed by atoms with E-state index >= 15 is 0 Å². The summed E-state index contributed by atoms with van der Waals surface area (Å²) in [5.74, 6) is 0.570. The monoisotopic (exact) mass is 546 g/mol. The van der Waals surface area contributed by atoms with Crippen molar-refractivity contribution >= 4 is 52.1 Å². The molecule has 0 bridgehead atoms. The summed E-state index contributed by atoms with van der Waals surface area (Å²) in [6.07, 6.45) is -2.47. The number of aromatic nitrogens is 1. The molecule has 33 heavy (non-hydrogen) atoms. The molecule has 0 aliphatic heterocycles. The standard InChI is InChI=1S/C20H17Cl4F3N2O4/c1-11(14-8-13(31-4-3-17(23)24)9-15(21)18(14)30-2)29-33-6-5-32-19-16(22)7-12(10-28-19)20(25,26)27/h3,7-10,29H,1,4-6H2,2H3. The van der Waals surface area contributed by atoms with E-state index in [1.165, 1.54) is 13.2 Å². The van der Waals surface area contributed by atoms with Crippen molar-refractivity contribution in [3.05, 3.63) is 62.7 Å². The van der Waals surface area contributed by atoms with Gasteiger partial charge >= 0.3 is 6.18 Å². The molecule has 1 N–H and O–H groups in total. The molecular formula is C20H17Cl4F3N2O4. The molecule has 1 heterocycles. The third-order valence-corrected chi connectivity index (χ3v) is 4.65. The Labute approximate surface area is 207 Å². The van der Waals surface area contributed by atoms with Gasteiger partial charge in [0.2, 0.25) is 5.88 Å². The van der Waals surface area contributed by atoms with Gasteiger partial charge in [-0.05, 0) is 18.2 Å². The molecular weight excluding hydrogens is 531 g/mol. The van der Waals surface area contributed by atoms with Gasteiger partial charge in [-0.25, -0.2) is 4.98 Å². The van der Waals surface area contributed by atoms with E-state index in [0.29, 0.717) is 23.3 Å². The van der Waals surface area contributed by atoms with E-state index < -0.39 is 11.7 Å². The topological polar surface area (TPSA) is 61.8 Å². The lowest BCUT2D eigenvalue weighted by Crippen LogP contribution is -2.18. The fraction of sp³-hybridized carbons (Fsp3) is 0.250. The molecule has 6 nitrogen and oxygen atoms in total. The summed E-state index contributed by atoms with van der Waals surface area (Å²) in [6, 6.07) is 3.89. The number of hydrogen-bond donors (Lipinski definition) is 1. The highest BCUT2D eigenvalue weighted by Crippen LogP contribution is 2.36. The van der Waals surface area contributed by atoms with Crippen LogP contribution in [0, 0.1) is 0 Å². The average molecular weight is 548 g/mol. The maximum atomic E-state index is 12.7. The largest absolute Gasteiger partial charge is 0.494 e. The predicted molar refractivity (Wildman–Crippen MR) is 121 cm³/mol. The molecule has 0 saturated carbocycles. The third kappa shape index (κ3) is 8.35. The number of hydrogen-bond acceptors (Lipinski definition) is 6. The molecule has 0 fully saturated rings. The lowest BCUT2D eigenvalue weighted by Gasteiger charge is -2.16. The Morgan fingerprint density at radius 3 is 2.45 bits per heavy atom. The smallest absolute Gasteiger partial charge is 0.417 e. The van der Waals surface area contributed by atoms with Crippen LogP contribution in [-0.2, 0) is 11.0 Å². The quantitative estimate of drug-likeness (QED) is 0.250. The molecule has 0 aliphatic rings. The molecule has 1 aromatic carbocycles. The SMILES string of the molecule is C=C(NOCCOc1ncc(C(F)(F)F)cc1Cl)c1cc(OCC=C(Cl)Cl)cc(Cl)c1OC. The number of benzene rings is 1. The minimum absolute atomic E-state index is 0.0245. The van der Waals surface area contributed by atoms with Crippen LogP contribution in [0.4, 0.5) is 13.2 Å². The minimum Gasteiger partial charge on any atom is -0.494 e. The van der Waals surface area contributed by atoms with Crippen LogP contribution in [0.25, 0.3) is 5.70 Å². The van der Waals surface area contributed by atoms with E-state index in [-0.39, 0.29) is 45.9 Å². The molecule has 0 aliphatic carbocycles. The van der Waals surface area contributed by atoms with Crippen molar-refractivity contribution in [1.29, 1.82) is 0 Å². The Bertz CT molecular complexity index is 1020. The van der Waals surface area contributed by atoms with Crippen molar-refractivity contribution in [2.24, 2.45) is 0 Å². The van der Waals surface area contributed by atoms with Crippen molar-refractivity contribution in [3.63, 3.8) is 0 Å². The molecule has 13 heteroatoms. The van der Waals surface area contributed by atoms with Gasteiger partial charge in [-0.3, -0.25) is 10.3 Å². The molecule has 0 saturated heterocycles. The van der Waals surface area contributed by atoms with E-state index in [2.05, 4.69) is 17.0 Å². The van der Waals surface area contributed by atoms with Gasteiger partial charge in [0, 0.05) is 17.8 Å². The van der Waals surface area contributed by atoms with Crippen molar-refractivity contribution in [3.8, 4) is 17.4 Å². The lowest BCUT2D eigenvalue weighted by molar-refractivity contribution is -0.137. The van der Waals surface area contributed by atoms with Crippen molar-refractivity contribution in [1.82, 2.24) is 10.5 Å². The number of hydroxylamine groups is 1. The van der Waals surface area contributed by atoms with E-state index in [4.69, 9.17) is 65.5 Å². The highest BCUT2D eigenvalue weighted by molar-refractivity contribution is 6.55. The zero-order chi connectivity index (χ0) is 24.6. The van der Waals surface area contributed by atoms with E-state index in [1.807, 2.05) is 0 Å². The first-order valence-corrected chi connectivity index (χ1v) is 10.5. The van der Waals surface area contributed by atoms with Crippen LogP contribution in [0.3, 0.4) is 0 Å². The van der Waals surface area contributed by atoms with Gasteiger partial charge in [-0.15, -0.1) is 0 Å². The summed E-state index contributed by atoms with van der Waals surface area (Å²) < 4.78 is 54.1. The Morgan fingerprint density at radius 2 is 1.85 bits per heavy atom. The van der Waals surface area contributed by atoms with Crippen LogP contribution in [0.15, 0.2) is 41.5 Å². The lowest BCUT2D eigenvalue weighted by atomic mass is 10.1. The summed E-state index contributed by atoms with van der Waals surface area (Å²) in [6.45, 7) is 3.88. The first-order chi connectivity index (χ1) is 15.5. The Morgan fingerprint density at radius 1 is 1.12 bits per heavy atom. The summed E-state index contributed by atoms with van der Waals surface area (Å²) in [7, 11) is 1.43. The zero-order valence-corrected chi connectivity index (χ0v) is 20.0. The number of ether oxygens (including phenoxy) is 3. The summed E-state index contributed by atoms with van der Waals surface area (Å²) >= 11 is 23.1. The molecule has 0 radical (unpaired) electrons. The van der Waals surface area contributed by atoms with Gasteiger partial charge in [-0.2, -0.15) is 13.2 Å². The third-order valence-electron chi connectivity index (χ3n) is 3.79. The Balaban J connectivity index is 1.92. The Hall–Kier alpha value is -2.04. The molecule has 0 atom stereocenters. The molecule has 180 valence electrons. The van der Waals surface area contributed by atoms with Crippen LogP contribution >= 0.6 is 46.4 Å². The van der Waals surface area contributed by atoms with Gasteiger partial charge in [0.15, 0.2) is 0 Å². The van der Waals surface area contributed by atoms with Crippen LogP contribution in [0.1, 0.15) is 11.1 Å².